The summed E-state index contributed by atoms with van der Waals surface area (Å²) in [5, 5.41) is 86.3. The summed E-state index contributed by atoms with van der Waals surface area (Å²) in [6.07, 6.45) is 8.31. The minimum absolute atomic E-state index is 0.0871. The van der Waals surface area contributed by atoms with Crippen LogP contribution in [0.5, 0.6) is 5.75 Å². The van der Waals surface area contributed by atoms with Crippen molar-refractivity contribution in [3.05, 3.63) is 42.1 Å². The van der Waals surface area contributed by atoms with Gasteiger partial charge in [-0.2, -0.15) is 0 Å². The van der Waals surface area contributed by atoms with E-state index in [1.807, 2.05) is 0 Å². The van der Waals surface area contributed by atoms with Crippen LogP contribution in [-0.4, -0.2) is 189 Å². The van der Waals surface area contributed by atoms with Gasteiger partial charge in [0.25, 0.3) is 11.8 Å². The molecular weight excluding hydrogens is 1140 g/mol. The van der Waals surface area contributed by atoms with Crippen LogP contribution in [0, 0.1) is 5.92 Å². The Hall–Kier alpha value is -7.31. The maximum Gasteiger partial charge on any atom is 0.325 e. The van der Waals surface area contributed by atoms with E-state index in [9.17, 15) is 83.4 Å². The van der Waals surface area contributed by atoms with Gasteiger partial charge in [-0.15, -0.1) is 0 Å². The average Bonchev–Trinajstić information content (AvgIpc) is 2.85. The quantitative estimate of drug-likeness (QED) is 0.0198. The number of carbonyl (C=O) groups is 11. The molecule has 29 nitrogen and oxygen atoms in total. The molecule has 1 fully saturated rings. The smallest absolute Gasteiger partial charge is 0.325 e. The summed E-state index contributed by atoms with van der Waals surface area (Å²) in [6, 6.07) is -8.49. The van der Waals surface area contributed by atoms with Crippen molar-refractivity contribution in [2.45, 2.75) is 210 Å². The van der Waals surface area contributed by atoms with E-state index >= 15 is 0 Å². The lowest BCUT2D eigenvalue weighted by Gasteiger charge is -2.30. The predicted octanol–water partition coefficient (Wildman–Crippen LogP) is -2.38. The lowest BCUT2D eigenvalue weighted by molar-refractivity contribution is -0.145. The van der Waals surface area contributed by atoms with Crippen molar-refractivity contribution in [3.63, 3.8) is 0 Å². The number of amides is 10. The van der Waals surface area contributed by atoms with E-state index in [-0.39, 0.29) is 24.2 Å². The topological polar surface area (TPSA) is 465 Å². The molecule has 1 aromatic carbocycles. The Morgan fingerprint density at radius 1 is 0.678 bits per heavy atom. The minimum atomic E-state index is -2.11. The number of hydrogen-bond donors (Lipinski definition) is 17. The summed E-state index contributed by atoms with van der Waals surface area (Å²) in [5.41, 5.74) is 5.56. The van der Waals surface area contributed by atoms with Crippen molar-refractivity contribution < 1.29 is 88.1 Å². The van der Waals surface area contributed by atoms with Crippen molar-refractivity contribution >= 4 is 65.0 Å². The largest absolute Gasteiger partial charge is 0.508 e. The SMILES string of the molecule is C=C1NC(=O)[C@H]([C@H](C)CC)NC(=O)[C@H](NC(=O)[C@H](CCO)NC(=O)[C@H](CO)NC(=O)[C@@H](NC(=O)[C@@H](NC(=O)[C@@H](O)[C@@H](N)CCCCCCCCCCCCCCC)[C@@H](C)O)[C@@H](O)c2ccc(O)cc2)CCOC(=O)CNC(=O)[C@H](C)NC(=O)CNC1=O. The van der Waals surface area contributed by atoms with Crippen molar-refractivity contribution in [2.24, 2.45) is 11.7 Å². The number of hydrogen-bond acceptors (Lipinski definition) is 19. The molecule has 1 aromatic rings. The van der Waals surface area contributed by atoms with Crippen LogP contribution in [-0.2, 0) is 57.5 Å². The van der Waals surface area contributed by atoms with Crippen molar-refractivity contribution in [1.29, 1.82) is 0 Å². The summed E-state index contributed by atoms with van der Waals surface area (Å²) < 4.78 is 5.19. The number of aliphatic hydroxyl groups excluding tert-OH is 5. The summed E-state index contributed by atoms with van der Waals surface area (Å²) in [5.74, 6) is -12.8. The van der Waals surface area contributed by atoms with Gasteiger partial charge in [-0.05, 0) is 50.3 Å². The molecule has 1 heterocycles. The van der Waals surface area contributed by atoms with Crippen LogP contribution >= 0.6 is 0 Å². The normalized spacial score (nSPS) is 19.9. The molecule has 87 heavy (non-hydrogen) atoms. The Bertz CT molecular complexity index is 2420. The fourth-order valence-corrected chi connectivity index (χ4v) is 8.97. The first-order valence-electron chi connectivity index (χ1n) is 29.9. The van der Waals surface area contributed by atoms with Gasteiger partial charge in [-0.3, -0.25) is 52.7 Å². The van der Waals surface area contributed by atoms with Gasteiger partial charge in [0.15, 0.2) is 0 Å². The molecule has 12 atom stereocenters. The lowest BCUT2D eigenvalue weighted by Crippen LogP contribution is -2.62. The van der Waals surface area contributed by atoms with E-state index in [4.69, 9.17) is 10.5 Å². The van der Waals surface area contributed by atoms with E-state index in [0.29, 0.717) is 6.42 Å². The zero-order valence-corrected chi connectivity index (χ0v) is 50.7. The number of carbonyl (C=O) groups excluding carboxylic acids is 11. The van der Waals surface area contributed by atoms with E-state index in [1.165, 1.54) is 64.0 Å². The maximum atomic E-state index is 14.2. The minimum Gasteiger partial charge on any atom is -0.508 e. The molecule has 2 rings (SSSR count). The van der Waals surface area contributed by atoms with Gasteiger partial charge in [0.05, 0.1) is 31.6 Å². The molecule has 10 amide bonds. The average molecular weight is 1230 g/mol. The van der Waals surface area contributed by atoms with Crippen molar-refractivity contribution in [3.8, 4) is 5.75 Å². The molecule has 0 radical (unpaired) electrons. The highest BCUT2D eigenvalue weighted by atomic mass is 16.5. The van der Waals surface area contributed by atoms with E-state index in [1.54, 1.807) is 13.8 Å². The summed E-state index contributed by atoms with van der Waals surface area (Å²) in [7, 11) is 0. The zero-order valence-electron chi connectivity index (χ0n) is 50.7. The second-order valence-corrected chi connectivity index (χ2v) is 21.8. The molecule has 29 heteroatoms. The van der Waals surface area contributed by atoms with Crippen molar-refractivity contribution in [1.82, 2.24) is 53.2 Å². The van der Waals surface area contributed by atoms with Crippen LogP contribution in [0.2, 0.25) is 0 Å². The predicted molar refractivity (Wildman–Crippen MR) is 315 cm³/mol. The van der Waals surface area contributed by atoms with Crippen molar-refractivity contribution in [2.75, 3.05) is 32.9 Å². The monoisotopic (exact) mass is 1230 g/mol. The number of aromatic hydroxyl groups is 1. The molecule has 490 valence electrons. The molecular formula is C58H95N11O18. The molecule has 1 aliphatic rings. The number of benzene rings is 1. The zero-order chi connectivity index (χ0) is 65.2. The Morgan fingerprint density at radius 3 is 1.80 bits per heavy atom. The van der Waals surface area contributed by atoms with Crippen LogP contribution < -0.4 is 58.9 Å². The van der Waals surface area contributed by atoms with Gasteiger partial charge >= 0.3 is 5.97 Å². The van der Waals surface area contributed by atoms with Crippen LogP contribution in [0.3, 0.4) is 0 Å². The molecule has 18 N–H and O–H groups in total. The third-order valence-corrected chi connectivity index (χ3v) is 14.6. The van der Waals surface area contributed by atoms with Crippen LogP contribution in [0.25, 0.3) is 0 Å². The first kappa shape index (κ1) is 75.8. The number of esters is 1. The lowest BCUT2D eigenvalue weighted by atomic mass is 9.97. The molecule has 0 aromatic heterocycles. The van der Waals surface area contributed by atoms with Gasteiger partial charge in [-0.1, -0.05) is 129 Å². The number of nitrogens with two attached hydrogens (primary N) is 1. The highest BCUT2D eigenvalue weighted by Crippen LogP contribution is 2.21. The first-order chi connectivity index (χ1) is 41.3. The van der Waals surface area contributed by atoms with Gasteiger partial charge in [0, 0.05) is 19.1 Å². The first-order valence-corrected chi connectivity index (χ1v) is 29.9. The van der Waals surface area contributed by atoms with E-state index in [0.717, 1.165) is 51.2 Å². The second-order valence-electron chi connectivity index (χ2n) is 21.8. The third kappa shape index (κ3) is 27.9. The Kier molecular flexibility index (Phi) is 35.7. The fraction of sp³-hybridized carbons (Fsp3) is 0.672. The fourth-order valence-electron chi connectivity index (χ4n) is 8.97. The van der Waals surface area contributed by atoms with Gasteiger partial charge in [0.2, 0.25) is 47.3 Å². The molecule has 0 spiro atoms. The number of unbranched alkanes of at least 4 members (excludes halogenated alkanes) is 12. The summed E-state index contributed by atoms with van der Waals surface area (Å²) in [4.78, 5) is 147. The number of phenolic OH excluding ortho intramolecular Hbond substituents is 1. The summed E-state index contributed by atoms with van der Waals surface area (Å²) in [6.45, 7) is 7.40. The van der Waals surface area contributed by atoms with Crippen LogP contribution in [0.15, 0.2) is 36.5 Å². The van der Waals surface area contributed by atoms with Gasteiger partial charge in [0.1, 0.15) is 66.8 Å². The number of ether oxygens (including phenoxy) is 1. The van der Waals surface area contributed by atoms with E-state index in [2.05, 4.69) is 66.7 Å². The van der Waals surface area contributed by atoms with Crippen LogP contribution in [0.1, 0.15) is 155 Å². The number of nitrogens with one attached hydrogen (secondary N) is 10. The second kappa shape index (κ2) is 41.0. The Labute approximate surface area is 507 Å². The Balaban J connectivity index is 2.31. The number of rotatable bonds is 33. The number of cyclic esters (lactones) is 1. The molecule has 0 unspecified atom stereocenters. The highest BCUT2D eigenvalue weighted by Gasteiger charge is 2.39. The molecule has 1 saturated heterocycles. The van der Waals surface area contributed by atoms with Gasteiger partial charge in [-0.25, -0.2) is 0 Å². The molecule has 0 saturated carbocycles. The molecule has 1 aliphatic heterocycles. The molecule has 0 aliphatic carbocycles. The maximum absolute atomic E-state index is 14.2. The molecule has 0 bridgehead atoms. The third-order valence-electron chi connectivity index (χ3n) is 14.6. The van der Waals surface area contributed by atoms with Crippen LogP contribution in [0.4, 0.5) is 0 Å². The van der Waals surface area contributed by atoms with Gasteiger partial charge < -0.3 is 94.3 Å². The number of aliphatic hydroxyl groups is 5. The highest BCUT2D eigenvalue weighted by molar-refractivity contribution is 6.01. The Morgan fingerprint density at radius 2 is 1.24 bits per heavy atom. The standard InChI is InChI=1S/C58H95N11O18/c1-7-9-10-11-12-13-14-15-16-17-18-19-20-21-39(59)49(77)58(86)68-46(36(6)72)56(84)69-47(48(76)37-22-24-38(73)25-23-37)57(85)66-42(32-71)54(82)64-40(26-28-70)52(80)65-41-27-29-87-44(75)31-61-50(78)34(4)62-43(74)30-60-51(79)35(5)63-55(83)45(33(3)8-2)67-53(41)81/h22-25,33-34,36,39-42,45-49,70-73,76-77H,5,7-21,26-32,59H2,1-4,6H3,(H,60,79)(H,61,78)(H,62,74)(H,63,83)(H,64,82)(H,65,80)(H,66,85)(H,67,81)(H,68,86)(H,69,84)/t33-,34+,36-,39+,40+,41-,42+,45+,46+,47+,48+,49+/m1/s1. The summed E-state index contributed by atoms with van der Waals surface area (Å²) >= 11 is 0. The number of phenols is 1. The van der Waals surface area contributed by atoms with E-state index < -0.39 is 189 Å².